The number of alkyl halides is 1. The van der Waals surface area contributed by atoms with Gasteiger partial charge in [0.2, 0.25) is 11.8 Å². The fourth-order valence-corrected chi connectivity index (χ4v) is 1.29. The van der Waals surface area contributed by atoms with E-state index in [2.05, 4.69) is 21.2 Å². The lowest BCUT2D eigenvalue weighted by molar-refractivity contribution is -0.133. The van der Waals surface area contributed by atoms with Gasteiger partial charge in [-0.15, -0.1) is 0 Å². The lowest BCUT2D eigenvalue weighted by Gasteiger charge is -2.23. The van der Waals surface area contributed by atoms with Crippen LogP contribution in [0.25, 0.3) is 0 Å². The van der Waals surface area contributed by atoms with Crippen molar-refractivity contribution in [2.75, 3.05) is 18.9 Å². The maximum Gasteiger partial charge on any atom is 0.240 e. The number of amides is 2. The molecule has 0 aliphatic carbocycles. The van der Waals surface area contributed by atoms with Gasteiger partial charge < -0.3 is 10.2 Å². The normalized spacial score (nSPS) is 10.9. The molecule has 0 fully saturated rings. The van der Waals surface area contributed by atoms with Gasteiger partial charge in [-0.25, -0.2) is 0 Å². The van der Waals surface area contributed by atoms with E-state index in [1.807, 2.05) is 20.8 Å². The van der Waals surface area contributed by atoms with Gasteiger partial charge in [-0.1, -0.05) is 15.9 Å². The quantitative estimate of drug-likeness (QED) is 0.766. The van der Waals surface area contributed by atoms with Crippen molar-refractivity contribution in [3.63, 3.8) is 0 Å². The molecular weight excluding hydrogens is 248 g/mol. The van der Waals surface area contributed by atoms with Crippen LogP contribution in [0.1, 0.15) is 20.8 Å². The largest absolute Gasteiger partial charge is 0.350 e. The fourth-order valence-electron chi connectivity index (χ4n) is 0.863. The number of likely N-dealkylation sites (N-methyl/N-ethyl adjacent to an activating group) is 1. The van der Waals surface area contributed by atoms with E-state index < -0.39 is 0 Å². The molecule has 4 nitrogen and oxygen atoms in total. The van der Waals surface area contributed by atoms with E-state index in [1.165, 1.54) is 4.90 Å². The van der Waals surface area contributed by atoms with Gasteiger partial charge in [0.15, 0.2) is 0 Å². The summed E-state index contributed by atoms with van der Waals surface area (Å²) in [6.07, 6.45) is 0. The van der Waals surface area contributed by atoms with Crippen molar-refractivity contribution in [2.45, 2.75) is 26.3 Å². The summed E-state index contributed by atoms with van der Waals surface area (Å²) >= 11 is 3.04. The zero-order valence-corrected chi connectivity index (χ0v) is 10.6. The van der Waals surface area contributed by atoms with E-state index in [1.54, 1.807) is 7.05 Å². The Hall–Kier alpha value is -0.580. The van der Waals surface area contributed by atoms with Crippen molar-refractivity contribution in [2.24, 2.45) is 0 Å². The summed E-state index contributed by atoms with van der Waals surface area (Å²) in [5, 5.41) is 3.02. The summed E-state index contributed by atoms with van der Waals surface area (Å²) < 4.78 is 0. The average Bonchev–Trinajstić information content (AvgIpc) is 1.99. The Morgan fingerprint density at radius 1 is 1.36 bits per heavy atom. The minimum Gasteiger partial charge on any atom is -0.350 e. The van der Waals surface area contributed by atoms with Crippen LogP contribution >= 0.6 is 15.9 Å². The lowest BCUT2D eigenvalue weighted by Crippen LogP contribution is -2.46. The molecule has 5 heteroatoms. The van der Waals surface area contributed by atoms with E-state index in [0.29, 0.717) is 0 Å². The van der Waals surface area contributed by atoms with Gasteiger partial charge in [0.1, 0.15) is 0 Å². The van der Waals surface area contributed by atoms with Crippen LogP contribution in [0.4, 0.5) is 0 Å². The van der Waals surface area contributed by atoms with Crippen molar-refractivity contribution in [1.29, 1.82) is 0 Å². The maximum absolute atomic E-state index is 11.4. The molecule has 2 amide bonds. The standard InChI is InChI=1S/C9H17BrN2O2/c1-9(2,3)11-7(13)6-12(4)8(14)5-10/h5-6H2,1-4H3,(H,11,13). The molecule has 1 N–H and O–H groups in total. The molecule has 0 saturated heterocycles. The molecule has 0 radical (unpaired) electrons. The van der Waals surface area contributed by atoms with E-state index in [-0.39, 0.29) is 29.2 Å². The first-order valence-corrected chi connectivity index (χ1v) is 5.49. The third kappa shape index (κ3) is 5.96. The SMILES string of the molecule is CN(CC(=O)NC(C)(C)C)C(=O)CBr. The van der Waals surface area contributed by atoms with Crippen LogP contribution in [0.15, 0.2) is 0 Å². The number of hydrogen-bond donors (Lipinski definition) is 1. The van der Waals surface area contributed by atoms with Gasteiger partial charge in [0, 0.05) is 12.6 Å². The Morgan fingerprint density at radius 3 is 2.21 bits per heavy atom. The zero-order chi connectivity index (χ0) is 11.4. The monoisotopic (exact) mass is 264 g/mol. The molecule has 0 unspecified atom stereocenters. The number of carbonyl (C=O) groups excluding carboxylic acids is 2. The molecule has 14 heavy (non-hydrogen) atoms. The van der Waals surface area contributed by atoms with Crippen molar-refractivity contribution in [3.8, 4) is 0 Å². The topological polar surface area (TPSA) is 49.4 Å². The van der Waals surface area contributed by atoms with Crippen molar-refractivity contribution < 1.29 is 9.59 Å². The van der Waals surface area contributed by atoms with Crippen LogP contribution in [0.2, 0.25) is 0 Å². The zero-order valence-electron chi connectivity index (χ0n) is 9.06. The van der Waals surface area contributed by atoms with Crippen LogP contribution in [0, 0.1) is 0 Å². The van der Waals surface area contributed by atoms with Gasteiger partial charge >= 0.3 is 0 Å². The number of halogens is 1. The van der Waals surface area contributed by atoms with Gasteiger partial charge in [-0.05, 0) is 20.8 Å². The average molecular weight is 265 g/mol. The number of carbonyl (C=O) groups is 2. The number of nitrogens with one attached hydrogen (secondary N) is 1. The summed E-state index contributed by atoms with van der Waals surface area (Å²) in [7, 11) is 1.60. The highest BCUT2D eigenvalue weighted by atomic mass is 79.9. The van der Waals surface area contributed by atoms with Gasteiger partial charge in [-0.2, -0.15) is 0 Å². The minimum atomic E-state index is -0.255. The second-order valence-corrected chi connectivity index (χ2v) is 4.74. The Kier molecular flexibility index (Phi) is 5.12. The molecule has 0 aromatic carbocycles. The summed E-state index contributed by atoms with van der Waals surface area (Å²) in [4.78, 5) is 23.9. The molecule has 0 heterocycles. The van der Waals surface area contributed by atoms with Crippen molar-refractivity contribution >= 4 is 27.7 Å². The molecule has 0 aliphatic heterocycles. The molecule has 0 atom stereocenters. The minimum absolute atomic E-state index is 0.0989. The van der Waals surface area contributed by atoms with E-state index in [9.17, 15) is 9.59 Å². The predicted octanol–water partition coefficient (Wildman–Crippen LogP) is 0.754. The second kappa shape index (κ2) is 5.34. The summed E-state index contributed by atoms with van der Waals surface area (Å²) in [6, 6.07) is 0. The number of nitrogens with zero attached hydrogens (tertiary/aromatic N) is 1. The van der Waals surface area contributed by atoms with Crippen LogP contribution in [-0.4, -0.2) is 41.2 Å². The Balaban J connectivity index is 4.01. The van der Waals surface area contributed by atoms with Crippen LogP contribution < -0.4 is 5.32 Å². The van der Waals surface area contributed by atoms with Gasteiger partial charge in [-0.3, -0.25) is 9.59 Å². The molecular formula is C9H17BrN2O2. The molecule has 0 bridgehead atoms. The van der Waals surface area contributed by atoms with E-state index in [4.69, 9.17) is 0 Å². The number of hydrogen-bond acceptors (Lipinski definition) is 2. The lowest BCUT2D eigenvalue weighted by atomic mass is 10.1. The molecule has 0 spiro atoms. The Bertz CT molecular complexity index is 223. The van der Waals surface area contributed by atoms with Crippen molar-refractivity contribution in [3.05, 3.63) is 0 Å². The first-order valence-electron chi connectivity index (χ1n) is 4.37. The van der Waals surface area contributed by atoms with Crippen LogP contribution in [-0.2, 0) is 9.59 Å². The second-order valence-electron chi connectivity index (χ2n) is 4.18. The van der Waals surface area contributed by atoms with Gasteiger partial charge in [0.05, 0.1) is 11.9 Å². The molecule has 0 aromatic heterocycles. The first kappa shape index (κ1) is 13.4. The van der Waals surface area contributed by atoms with E-state index >= 15 is 0 Å². The maximum atomic E-state index is 11.4. The van der Waals surface area contributed by atoms with Crippen LogP contribution in [0.3, 0.4) is 0 Å². The van der Waals surface area contributed by atoms with E-state index in [0.717, 1.165) is 0 Å². The first-order chi connectivity index (χ1) is 6.26. The molecule has 0 aromatic rings. The third-order valence-electron chi connectivity index (χ3n) is 1.44. The van der Waals surface area contributed by atoms with Gasteiger partial charge in [0.25, 0.3) is 0 Å². The molecule has 0 rings (SSSR count). The summed E-state index contributed by atoms with van der Waals surface area (Å²) in [5.74, 6) is -0.247. The number of rotatable bonds is 3. The Labute approximate surface area is 93.2 Å². The smallest absolute Gasteiger partial charge is 0.240 e. The van der Waals surface area contributed by atoms with Crippen LogP contribution in [0.5, 0.6) is 0 Å². The third-order valence-corrected chi connectivity index (χ3v) is 1.91. The molecule has 0 saturated carbocycles. The predicted molar refractivity (Wildman–Crippen MR) is 59.3 cm³/mol. The molecule has 82 valence electrons. The fraction of sp³-hybridized carbons (Fsp3) is 0.778. The molecule has 0 aliphatic rings. The highest BCUT2D eigenvalue weighted by Gasteiger charge is 2.16. The summed E-state index contributed by atoms with van der Waals surface area (Å²) in [6.45, 7) is 5.80. The highest BCUT2D eigenvalue weighted by molar-refractivity contribution is 9.09. The summed E-state index contributed by atoms with van der Waals surface area (Å²) in [5.41, 5.74) is -0.255. The Morgan fingerprint density at radius 2 is 1.86 bits per heavy atom. The van der Waals surface area contributed by atoms with Crippen molar-refractivity contribution in [1.82, 2.24) is 10.2 Å². The highest BCUT2D eigenvalue weighted by Crippen LogP contribution is 1.98.